The predicted molar refractivity (Wildman–Crippen MR) is 69.1 cm³/mol. The molecule has 1 aromatic carbocycles. The van der Waals surface area contributed by atoms with Gasteiger partial charge in [0, 0.05) is 30.8 Å². The monoisotopic (exact) mass is 267 g/mol. The quantitative estimate of drug-likeness (QED) is 0.766. The molecule has 0 unspecified atom stereocenters. The van der Waals surface area contributed by atoms with Gasteiger partial charge in [-0.3, -0.25) is 0 Å². The van der Waals surface area contributed by atoms with Gasteiger partial charge in [-0.25, -0.2) is 8.78 Å². The molecule has 3 rings (SSSR count). The minimum atomic E-state index is -0.600. The first-order valence-corrected chi connectivity index (χ1v) is 7.04. The molecule has 2 aliphatic rings. The highest BCUT2D eigenvalue weighted by Crippen LogP contribution is 2.44. The average Bonchev–Trinajstić information content (AvgIpc) is 3.22. The molecule has 0 aromatic heterocycles. The Morgan fingerprint density at radius 3 is 2.16 bits per heavy atom. The minimum Gasteiger partial charge on any atom is -0.492 e. The Balaban J connectivity index is 1.42. The second-order valence-electron chi connectivity index (χ2n) is 5.61. The highest BCUT2D eigenvalue weighted by Gasteiger charge is 2.40. The largest absolute Gasteiger partial charge is 0.492 e. The van der Waals surface area contributed by atoms with Crippen molar-refractivity contribution in [3.8, 4) is 5.75 Å². The zero-order valence-corrected chi connectivity index (χ0v) is 10.9. The minimum absolute atomic E-state index is 0.258. The maximum absolute atomic E-state index is 13.0. The van der Waals surface area contributed by atoms with Crippen molar-refractivity contribution in [1.29, 1.82) is 0 Å². The second kappa shape index (κ2) is 5.45. The van der Waals surface area contributed by atoms with Crippen LogP contribution in [0.2, 0.25) is 0 Å². The highest BCUT2D eigenvalue weighted by atomic mass is 19.1. The fourth-order valence-electron chi connectivity index (χ4n) is 2.64. The van der Waals surface area contributed by atoms with Gasteiger partial charge in [0.2, 0.25) is 0 Å². The molecule has 0 heterocycles. The summed E-state index contributed by atoms with van der Waals surface area (Å²) in [5.74, 6) is 0.750. The molecule has 1 aromatic rings. The van der Waals surface area contributed by atoms with Crippen LogP contribution in [0.25, 0.3) is 0 Å². The van der Waals surface area contributed by atoms with Gasteiger partial charge in [-0.1, -0.05) is 0 Å². The third-order valence-electron chi connectivity index (χ3n) is 3.85. The lowest BCUT2D eigenvalue weighted by Crippen LogP contribution is -2.36. The normalized spacial score (nSPS) is 18.9. The van der Waals surface area contributed by atoms with E-state index in [1.165, 1.54) is 37.8 Å². The average molecular weight is 267 g/mol. The number of rotatable bonds is 7. The summed E-state index contributed by atoms with van der Waals surface area (Å²) in [6, 6.07) is 3.90. The number of halogens is 2. The van der Waals surface area contributed by atoms with E-state index in [4.69, 9.17) is 4.74 Å². The number of hydrogen-bond acceptors (Lipinski definition) is 2. The molecule has 1 N–H and O–H groups in total. The zero-order valence-electron chi connectivity index (χ0n) is 10.9. The van der Waals surface area contributed by atoms with Gasteiger partial charge in [-0.05, 0) is 37.5 Å². The zero-order chi connectivity index (χ0) is 13.2. The van der Waals surface area contributed by atoms with Gasteiger partial charge in [-0.2, -0.15) is 0 Å². The van der Waals surface area contributed by atoms with Crippen LogP contribution in [-0.4, -0.2) is 19.2 Å². The first-order chi connectivity index (χ1) is 9.22. The third-order valence-corrected chi connectivity index (χ3v) is 3.85. The summed E-state index contributed by atoms with van der Waals surface area (Å²) in [4.78, 5) is 0. The Morgan fingerprint density at radius 1 is 1.05 bits per heavy atom. The Labute approximate surface area is 112 Å². The van der Waals surface area contributed by atoms with E-state index < -0.39 is 11.6 Å². The molecular formula is C15H19F2NO. The highest BCUT2D eigenvalue weighted by molar-refractivity contribution is 5.23. The SMILES string of the molecule is Fc1cc(F)cc(OCCNC(C2CC2)C2CC2)c1. The van der Waals surface area contributed by atoms with Crippen molar-refractivity contribution in [3.63, 3.8) is 0 Å². The first-order valence-electron chi connectivity index (χ1n) is 7.04. The van der Waals surface area contributed by atoms with Gasteiger partial charge in [0.1, 0.15) is 24.0 Å². The molecule has 0 saturated heterocycles. The van der Waals surface area contributed by atoms with Crippen LogP contribution >= 0.6 is 0 Å². The van der Waals surface area contributed by atoms with Crippen molar-refractivity contribution in [1.82, 2.24) is 5.32 Å². The summed E-state index contributed by atoms with van der Waals surface area (Å²) in [6.07, 6.45) is 5.35. The number of ether oxygens (including phenoxy) is 1. The van der Waals surface area contributed by atoms with Crippen molar-refractivity contribution < 1.29 is 13.5 Å². The fraction of sp³-hybridized carbons (Fsp3) is 0.600. The lowest BCUT2D eigenvalue weighted by Gasteiger charge is -2.17. The standard InChI is InChI=1S/C15H19F2NO/c16-12-7-13(17)9-14(8-12)19-6-5-18-15(10-1-2-10)11-3-4-11/h7-11,15,18H,1-6H2. The van der Waals surface area contributed by atoms with Crippen LogP contribution in [0, 0.1) is 23.5 Å². The fourth-order valence-corrected chi connectivity index (χ4v) is 2.64. The molecule has 0 bridgehead atoms. The molecule has 0 spiro atoms. The van der Waals surface area contributed by atoms with Crippen LogP contribution in [0.5, 0.6) is 5.75 Å². The summed E-state index contributed by atoms with van der Waals surface area (Å²) in [6.45, 7) is 1.18. The molecule has 19 heavy (non-hydrogen) atoms. The molecular weight excluding hydrogens is 248 g/mol. The van der Waals surface area contributed by atoms with E-state index in [0.29, 0.717) is 12.6 Å². The molecule has 0 radical (unpaired) electrons. The van der Waals surface area contributed by atoms with Crippen molar-refractivity contribution >= 4 is 0 Å². The summed E-state index contributed by atoms with van der Waals surface area (Å²) in [5.41, 5.74) is 0. The summed E-state index contributed by atoms with van der Waals surface area (Å²) in [5, 5.41) is 3.53. The Hall–Kier alpha value is -1.16. The van der Waals surface area contributed by atoms with Crippen molar-refractivity contribution in [3.05, 3.63) is 29.8 Å². The van der Waals surface area contributed by atoms with Crippen molar-refractivity contribution in [2.24, 2.45) is 11.8 Å². The molecule has 2 nitrogen and oxygen atoms in total. The molecule has 2 saturated carbocycles. The van der Waals surface area contributed by atoms with Crippen LogP contribution in [-0.2, 0) is 0 Å². The van der Waals surface area contributed by atoms with E-state index in [1.54, 1.807) is 0 Å². The summed E-state index contributed by atoms with van der Waals surface area (Å²) < 4.78 is 31.3. The molecule has 4 heteroatoms. The van der Waals surface area contributed by atoms with Gasteiger partial charge in [0.05, 0.1) is 0 Å². The van der Waals surface area contributed by atoms with Gasteiger partial charge in [0.15, 0.2) is 0 Å². The molecule has 0 aliphatic heterocycles. The van der Waals surface area contributed by atoms with Crippen molar-refractivity contribution in [2.45, 2.75) is 31.7 Å². The van der Waals surface area contributed by atoms with E-state index in [2.05, 4.69) is 5.32 Å². The van der Waals surface area contributed by atoms with E-state index in [1.807, 2.05) is 0 Å². The van der Waals surface area contributed by atoms with Gasteiger partial charge in [-0.15, -0.1) is 0 Å². The maximum atomic E-state index is 13.0. The van der Waals surface area contributed by atoms with Crippen LogP contribution < -0.4 is 10.1 Å². The van der Waals surface area contributed by atoms with Gasteiger partial charge >= 0.3 is 0 Å². The van der Waals surface area contributed by atoms with Crippen LogP contribution in [0.3, 0.4) is 0 Å². The maximum Gasteiger partial charge on any atom is 0.129 e. The third kappa shape index (κ3) is 3.66. The summed E-state index contributed by atoms with van der Waals surface area (Å²) >= 11 is 0. The van der Waals surface area contributed by atoms with Crippen LogP contribution in [0.1, 0.15) is 25.7 Å². The molecule has 104 valence electrons. The lowest BCUT2D eigenvalue weighted by molar-refractivity contribution is 0.291. The Morgan fingerprint density at radius 2 is 1.63 bits per heavy atom. The topological polar surface area (TPSA) is 21.3 Å². The van der Waals surface area contributed by atoms with E-state index in [-0.39, 0.29) is 5.75 Å². The first kappa shape index (κ1) is 12.9. The number of benzene rings is 1. The number of nitrogens with one attached hydrogen (secondary N) is 1. The van der Waals surface area contributed by atoms with Gasteiger partial charge in [0.25, 0.3) is 0 Å². The molecule has 2 aliphatic carbocycles. The Bertz CT molecular complexity index is 412. The lowest BCUT2D eigenvalue weighted by atomic mass is 10.1. The smallest absolute Gasteiger partial charge is 0.129 e. The second-order valence-corrected chi connectivity index (χ2v) is 5.61. The van der Waals surface area contributed by atoms with E-state index in [9.17, 15) is 8.78 Å². The van der Waals surface area contributed by atoms with E-state index >= 15 is 0 Å². The van der Waals surface area contributed by atoms with E-state index in [0.717, 1.165) is 24.4 Å². The van der Waals surface area contributed by atoms with Crippen molar-refractivity contribution in [2.75, 3.05) is 13.2 Å². The van der Waals surface area contributed by atoms with Gasteiger partial charge < -0.3 is 10.1 Å². The van der Waals surface area contributed by atoms with Crippen LogP contribution in [0.4, 0.5) is 8.78 Å². The van der Waals surface area contributed by atoms with Crippen LogP contribution in [0.15, 0.2) is 18.2 Å². The predicted octanol–water partition coefficient (Wildman–Crippen LogP) is 3.12. The molecule has 2 fully saturated rings. The number of hydrogen-bond donors (Lipinski definition) is 1. The molecule has 0 amide bonds. The summed E-state index contributed by atoms with van der Waals surface area (Å²) in [7, 11) is 0. The Kier molecular flexibility index (Phi) is 3.69. The molecule has 0 atom stereocenters.